The van der Waals surface area contributed by atoms with Gasteiger partial charge in [-0.3, -0.25) is 0 Å². The molecule has 0 saturated carbocycles. The summed E-state index contributed by atoms with van der Waals surface area (Å²) in [6, 6.07) is 0. The van der Waals surface area contributed by atoms with Crippen LogP contribution in [0.25, 0.3) is 0 Å². The van der Waals surface area contributed by atoms with Gasteiger partial charge in [0.2, 0.25) is 0 Å². The summed E-state index contributed by atoms with van der Waals surface area (Å²) in [4.78, 5) is 0. The Hall–Kier alpha value is -0.150. The normalized spacial score (nSPS) is 25.8. The van der Waals surface area contributed by atoms with Crippen molar-refractivity contribution in [3.8, 4) is 0 Å². The molecular weight excluding hydrogens is 316 g/mol. The standard InChI is InChI=1S/C3H4Br2N4O2S/c4-3(5)1(6)8-12(10,11)9-2(3)7/h(H2,6,8)(H2,7,9). The molecule has 4 N–H and O–H groups in total. The molecule has 0 aliphatic carbocycles. The van der Waals surface area contributed by atoms with Gasteiger partial charge >= 0.3 is 10.2 Å². The number of rotatable bonds is 0. The Kier molecular flexibility index (Phi) is 2.21. The van der Waals surface area contributed by atoms with Crippen LogP contribution in [0, 0.1) is 0 Å². The summed E-state index contributed by atoms with van der Waals surface area (Å²) in [5.74, 6) is -0.398. The maximum absolute atomic E-state index is 10.8. The Morgan fingerprint density at radius 1 is 1.17 bits per heavy atom. The fraction of sp³-hybridized carbons (Fsp3) is 0.333. The smallest absolute Gasteiger partial charge is 0.366 e. The number of hydrogen-bond acceptors (Lipinski definition) is 4. The Labute approximate surface area is 85.6 Å². The van der Waals surface area contributed by atoms with Crippen molar-refractivity contribution >= 4 is 53.7 Å². The monoisotopic (exact) mass is 318 g/mol. The lowest BCUT2D eigenvalue weighted by molar-refractivity contribution is 0.599. The van der Waals surface area contributed by atoms with E-state index in [1.165, 1.54) is 0 Å². The van der Waals surface area contributed by atoms with Crippen molar-refractivity contribution < 1.29 is 8.42 Å². The van der Waals surface area contributed by atoms with Gasteiger partial charge in [-0.1, -0.05) is 31.9 Å². The number of nitrogens with zero attached hydrogens (tertiary/aromatic N) is 2. The topological polar surface area (TPSA) is 111 Å². The lowest BCUT2D eigenvalue weighted by atomic mass is 10.4. The van der Waals surface area contributed by atoms with E-state index in [4.69, 9.17) is 11.5 Å². The third-order valence-electron chi connectivity index (χ3n) is 1.07. The van der Waals surface area contributed by atoms with Gasteiger partial charge in [0.05, 0.1) is 0 Å². The second kappa shape index (κ2) is 2.67. The molecule has 9 heteroatoms. The second-order valence-corrected chi connectivity index (χ2v) is 6.68. The number of amidine groups is 2. The Balaban J connectivity index is 3.33. The highest BCUT2D eigenvalue weighted by atomic mass is 79.9. The van der Waals surface area contributed by atoms with E-state index in [1.54, 1.807) is 0 Å². The van der Waals surface area contributed by atoms with Gasteiger partial charge in [-0.05, 0) is 0 Å². The lowest BCUT2D eigenvalue weighted by Gasteiger charge is -2.20. The molecule has 1 rings (SSSR count). The molecule has 0 aromatic rings. The molecule has 0 fully saturated rings. The highest BCUT2D eigenvalue weighted by Crippen LogP contribution is 2.30. The van der Waals surface area contributed by atoms with E-state index in [2.05, 4.69) is 40.7 Å². The van der Waals surface area contributed by atoms with E-state index >= 15 is 0 Å². The lowest BCUT2D eigenvalue weighted by Crippen LogP contribution is -2.47. The SMILES string of the molecule is NC1=NS(=O)(=O)N=C(N)C1(Br)Br. The van der Waals surface area contributed by atoms with Crippen molar-refractivity contribution in [2.45, 2.75) is 3.23 Å². The largest absolute Gasteiger partial charge is 0.384 e. The molecule has 0 atom stereocenters. The molecular formula is C3H4Br2N4O2S. The third-order valence-corrected chi connectivity index (χ3v) is 3.55. The van der Waals surface area contributed by atoms with E-state index in [9.17, 15) is 8.42 Å². The van der Waals surface area contributed by atoms with Crippen LogP contribution in [0.4, 0.5) is 0 Å². The number of halogens is 2. The summed E-state index contributed by atoms with van der Waals surface area (Å²) in [7, 11) is -3.89. The zero-order chi connectivity index (χ0) is 9.57. The maximum atomic E-state index is 10.8. The van der Waals surface area contributed by atoms with E-state index in [-0.39, 0.29) is 11.7 Å². The number of alkyl halides is 2. The molecule has 0 aromatic heterocycles. The molecule has 0 bridgehead atoms. The summed E-state index contributed by atoms with van der Waals surface area (Å²) < 4.78 is 26.7. The Bertz CT molecular complexity index is 342. The van der Waals surface area contributed by atoms with Crippen LogP contribution in [0.2, 0.25) is 0 Å². The fourth-order valence-corrected chi connectivity index (χ4v) is 2.15. The van der Waals surface area contributed by atoms with Crippen LogP contribution < -0.4 is 11.5 Å². The van der Waals surface area contributed by atoms with Crippen molar-refractivity contribution in [2.75, 3.05) is 0 Å². The molecule has 0 aromatic carbocycles. The van der Waals surface area contributed by atoms with E-state index in [0.29, 0.717) is 0 Å². The fourth-order valence-electron chi connectivity index (χ4n) is 0.515. The highest BCUT2D eigenvalue weighted by Gasteiger charge is 2.38. The molecule has 1 aliphatic heterocycles. The summed E-state index contributed by atoms with van der Waals surface area (Å²) in [6.07, 6.45) is 0. The summed E-state index contributed by atoms with van der Waals surface area (Å²) in [5, 5.41) is 0. The molecule has 12 heavy (non-hydrogen) atoms. The molecule has 0 radical (unpaired) electrons. The Morgan fingerprint density at radius 3 is 1.83 bits per heavy atom. The highest BCUT2D eigenvalue weighted by molar-refractivity contribution is 9.26. The van der Waals surface area contributed by atoms with Gasteiger partial charge in [0.25, 0.3) is 0 Å². The minimum Gasteiger partial charge on any atom is -0.384 e. The number of hydrogen-bond donors (Lipinski definition) is 2. The zero-order valence-electron chi connectivity index (χ0n) is 5.53. The minimum absolute atomic E-state index is 0.199. The quantitative estimate of drug-likeness (QED) is 0.583. The maximum Gasteiger partial charge on any atom is 0.366 e. The first-order valence-electron chi connectivity index (χ1n) is 2.60. The van der Waals surface area contributed by atoms with Gasteiger partial charge in [0.1, 0.15) is 0 Å². The van der Waals surface area contributed by atoms with Crippen LogP contribution in [0.15, 0.2) is 8.80 Å². The van der Waals surface area contributed by atoms with Gasteiger partial charge in [0, 0.05) is 0 Å². The molecule has 1 heterocycles. The van der Waals surface area contributed by atoms with Crippen LogP contribution in [-0.2, 0) is 10.2 Å². The minimum atomic E-state index is -3.89. The molecule has 0 spiro atoms. The van der Waals surface area contributed by atoms with Crippen LogP contribution in [-0.4, -0.2) is 23.3 Å². The molecule has 1 aliphatic rings. The van der Waals surface area contributed by atoms with Crippen molar-refractivity contribution in [1.82, 2.24) is 0 Å². The van der Waals surface area contributed by atoms with Crippen LogP contribution in [0.1, 0.15) is 0 Å². The average Bonchev–Trinajstić information content (AvgIpc) is 1.82. The second-order valence-electron chi connectivity index (χ2n) is 1.98. The van der Waals surface area contributed by atoms with Crippen LogP contribution in [0.3, 0.4) is 0 Å². The molecule has 0 saturated heterocycles. The van der Waals surface area contributed by atoms with E-state index < -0.39 is 13.4 Å². The number of nitrogens with two attached hydrogens (primary N) is 2. The average molecular weight is 320 g/mol. The molecule has 0 unspecified atom stereocenters. The van der Waals surface area contributed by atoms with E-state index in [1.807, 2.05) is 0 Å². The zero-order valence-corrected chi connectivity index (χ0v) is 9.52. The van der Waals surface area contributed by atoms with E-state index in [0.717, 1.165) is 0 Å². The van der Waals surface area contributed by atoms with Gasteiger partial charge in [0.15, 0.2) is 14.9 Å². The van der Waals surface area contributed by atoms with Crippen molar-refractivity contribution in [3.05, 3.63) is 0 Å². The first-order valence-corrected chi connectivity index (χ1v) is 5.58. The van der Waals surface area contributed by atoms with Crippen LogP contribution >= 0.6 is 31.9 Å². The summed E-state index contributed by atoms with van der Waals surface area (Å²) in [5.41, 5.74) is 10.6. The Morgan fingerprint density at radius 2 is 1.50 bits per heavy atom. The third kappa shape index (κ3) is 1.62. The predicted octanol–water partition coefficient (Wildman–Crippen LogP) is -0.555. The first kappa shape index (κ1) is 9.93. The predicted molar refractivity (Wildman–Crippen MR) is 52.7 cm³/mol. The summed E-state index contributed by atoms with van der Waals surface area (Å²) >= 11 is 6.03. The first-order chi connectivity index (χ1) is 5.26. The van der Waals surface area contributed by atoms with Crippen molar-refractivity contribution in [1.29, 1.82) is 0 Å². The van der Waals surface area contributed by atoms with Gasteiger partial charge in [-0.15, -0.1) is 8.80 Å². The van der Waals surface area contributed by atoms with Crippen LogP contribution in [0.5, 0.6) is 0 Å². The van der Waals surface area contributed by atoms with Crippen molar-refractivity contribution in [3.63, 3.8) is 0 Å². The molecule has 6 nitrogen and oxygen atoms in total. The molecule has 0 amide bonds. The molecule has 68 valence electrons. The summed E-state index contributed by atoms with van der Waals surface area (Å²) in [6.45, 7) is 0. The van der Waals surface area contributed by atoms with Gasteiger partial charge in [-0.2, -0.15) is 8.42 Å². The van der Waals surface area contributed by atoms with Crippen molar-refractivity contribution in [2.24, 2.45) is 20.3 Å². The van der Waals surface area contributed by atoms with Gasteiger partial charge < -0.3 is 11.5 Å². The van der Waals surface area contributed by atoms with Gasteiger partial charge in [-0.25, -0.2) is 0 Å².